The zero-order valence-corrected chi connectivity index (χ0v) is 9.99. The average Bonchev–Trinajstić information content (AvgIpc) is 2.24. The number of carboxylic acids is 1. The molecule has 0 radical (unpaired) electrons. The van der Waals surface area contributed by atoms with Crippen LogP contribution < -0.4 is 5.32 Å². The maximum absolute atomic E-state index is 11.5. The molecule has 0 aromatic carbocycles. The standard InChI is InChI=1S/C11H21NO4/c1-3-5-6-12-9(8-10(13)14)11(15)16-7-4-2/h9,12H,3-8H2,1-2H3,(H,13,14)/t9-/m0/s1. The van der Waals surface area contributed by atoms with Crippen molar-refractivity contribution < 1.29 is 19.4 Å². The van der Waals surface area contributed by atoms with Crippen molar-refractivity contribution in [3.05, 3.63) is 0 Å². The zero-order valence-electron chi connectivity index (χ0n) is 9.99. The van der Waals surface area contributed by atoms with Gasteiger partial charge in [0.1, 0.15) is 6.04 Å². The molecule has 1 atom stereocenters. The van der Waals surface area contributed by atoms with Crippen LogP contribution in [0.2, 0.25) is 0 Å². The van der Waals surface area contributed by atoms with Gasteiger partial charge < -0.3 is 15.2 Å². The average molecular weight is 231 g/mol. The third-order valence-corrected chi connectivity index (χ3v) is 2.03. The monoisotopic (exact) mass is 231 g/mol. The Balaban J connectivity index is 4.06. The number of carboxylic acid groups (broad SMARTS) is 1. The summed E-state index contributed by atoms with van der Waals surface area (Å²) in [7, 11) is 0. The molecule has 0 heterocycles. The molecule has 5 nitrogen and oxygen atoms in total. The predicted molar refractivity (Wildman–Crippen MR) is 60.2 cm³/mol. The Morgan fingerprint density at radius 2 is 2.00 bits per heavy atom. The molecule has 0 aliphatic carbocycles. The molecule has 0 saturated carbocycles. The van der Waals surface area contributed by atoms with E-state index < -0.39 is 18.0 Å². The van der Waals surface area contributed by atoms with Gasteiger partial charge in [0.25, 0.3) is 0 Å². The molecule has 0 spiro atoms. The van der Waals surface area contributed by atoms with Gasteiger partial charge in [0, 0.05) is 0 Å². The molecule has 0 aromatic rings. The molecular weight excluding hydrogens is 210 g/mol. The van der Waals surface area contributed by atoms with E-state index in [-0.39, 0.29) is 6.42 Å². The largest absolute Gasteiger partial charge is 0.481 e. The quantitative estimate of drug-likeness (QED) is 0.460. The van der Waals surface area contributed by atoms with E-state index in [1.165, 1.54) is 0 Å². The third kappa shape index (κ3) is 7.23. The Morgan fingerprint density at radius 3 is 2.50 bits per heavy atom. The van der Waals surface area contributed by atoms with Crippen LogP contribution >= 0.6 is 0 Å². The number of rotatable bonds is 9. The molecule has 0 unspecified atom stereocenters. The van der Waals surface area contributed by atoms with Crippen molar-refractivity contribution in [3.8, 4) is 0 Å². The van der Waals surface area contributed by atoms with Gasteiger partial charge in [0.05, 0.1) is 13.0 Å². The number of carbonyl (C=O) groups excluding carboxylic acids is 1. The topological polar surface area (TPSA) is 75.6 Å². The van der Waals surface area contributed by atoms with E-state index in [1.807, 2.05) is 13.8 Å². The van der Waals surface area contributed by atoms with Crippen molar-refractivity contribution >= 4 is 11.9 Å². The summed E-state index contributed by atoms with van der Waals surface area (Å²) in [5.74, 6) is -1.47. The maximum atomic E-state index is 11.5. The predicted octanol–water partition coefficient (Wildman–Crippen LogP) is 1.17. The Kier molecular flexibility index (Phi) is 8.52. The SMILES string of the molecule is CCCCN[C@@H](CC(=O)O)C(=O)OCCC. The first-order valence-electron chi connectivity index (χ1n) is 5.73. The fraction of sp³-hybridized carbons (Fsp3) is 0.818. The second-order valence-electron chi connectivity index (χ2n) is 3.63. The Morgan fingerprint density at radius 1 is 1.31 bits per heavy atom. The van der Waals surface area contributed by atoms with Crippen LogP contribution in [0.1, 0.15) is 39.5 Å². The molecule has 0 fully saturated rings. The van der Waals surface area contributed by atoms with Crippen LogP contribution in [0.15, 0.2) is 0 Å². The van der Waals surface area contributed by atoms with Crippen molar-refractivity contribution in [2.75, 3.05) is 13.2 Å². The minimum Gasteiger partial charge on any atom is -0.481 e. The van der Waals surface area contributed by atoms with Crippen molar-refractivity contribution in [3.63, 3.8) is 0 Å². The van der Waals surface area contributed by atoms with Crippen molar-refractivity contribution in [1.82, 2.24) is 5.32 Å². The summed E-state index contributed by atoms with van der Waals surface area (Å²) >= 11 is 0. The molecule has 94 valence electrons. The van der Waals surface area contributed by atoms with Crippen LogP contribution in [-0.4, -0.2) is 36.2 Å². The van der Waals surface area contributed by atoms with Gasteiger partial charge in [-0.25, -0.2) is 0 Å². The first-order chi connectivity index (χ1) is 7.61. The van der Waals surface area contributed by atoms with Crippen LogP contribution in [0, 0.1) is 0 Å². The van der Waals surface area contributed by atoms with E-state index in [9.17, 15) is 9.59 Å². The summed E-state index contributed by atoms with van der Waals surface area (Å²) in [6.45, 7) is 4.90. The lowest BCUT2D eigenvalue weighted by atomic mass is 10.2. The van der Waals surface area contributed by atoms with Gasteiger partial charge in [-0.15, -0.1) is 0 Å². The lowest BCUT2D eigenvalue weighted by Gasteiger charge is -2.15. The molecule has 0 saturated heterocycles. The van der Waals surface area contributed by atoms with Gasteiger partial charge >= 0.3 is 11.9 Å². The first kappa shape index (κ1) is 14.9. The number of aliphatic carboxylic acids is 1. The first-order valence-corrected chi connectivity index (χ1v) is 5.73. The fourth-order valence-electron chi connectivity index (χ4n) is 1.17. The zero-order chi connectivity index (χ0) is 12.4. The molecule has 2 N–H and O–H groups in total. The second-order valence-corrected chi connectivity index (χ2v) is 3.63. The third-order valence-electron chi connectivity index (χ3n) is 2.03. The van der Waals surface area contributed by atoms with Gasteiger partial charge in [-0.2, -0.15) is 0 Å². The van der Waals surface area contributed by atoms with E-state index in [0.29, 0.717) is 13.2 Å². The van der Waals surface area contributed by atoms with Crippen LogP contribution in [0.4, 0.5) is 0 Å². The minimum absolute atomic E-state index is 0.230. The summed E-state index contributed by atoms with van der Waals surface area (Å²) in [6, 6.07) is -0.726. The molecule has 0 rings (SSSR count). The van der Waals surface area contributed by atoms with Crippen LogP contribution in [0.5, 0.6) is 0 Å². The normalized spacial score (nSPS) is 12.1. The van der Waals surface area contributed by atoms with E-state index >= 15 is 0 Å². The summed E-state index contributed by atoms with van der Waals surface area (Å²) in [5.41, 5.74) is 0. The highest BCUT2D eigenvalue weighted by Crippen LogP contribution is 1.98. The highest BCUT2D eigenvalue weighted by Gasteiger charge is 2.21. The number of nitrogens with one attached hydrogen (secondary N) is 1. The Labute approximate surface area is 96.2 Å². The molecule has 0 aliphatic heterocycles. The number of unbranched alkanes of at least 4 members (excludes halogenated alkanes) is 1. The van der Waals surface area contributed by atoms with Gasteiger partial charge in [-0.1, -0.05) is 20.3 Å². The molecule has 0 bridgehead atoms. The van der Waals surface area contributed by atoms with E-state index in [1.54, 1.807) is 0 Å². The number of esters is 1. The number of hydrogen-bond donors (Lipinski definition) is 2. The second kappa shape index (κ2) is 9.15. The number of hydrogen-bond acceptors (Lipinski definition) is 4. The molecule has 16 heavy (non-hydrogen) atoms. The summed E-state index contributed by atoms with van der Waals surface area (Å²) < 4.78 is 4.92. The highest BCUT2D eigenvalue weighted by molar-refractivity contribution is 5.81. The van der Waals surface area contributed by atoms with E-state index in [0.717, 1.165) is 19.3 Å². The Bertz CT molecular complexity index is 218. The summed E-state index contributed by atoms with van der Waals surface area (Å²) in [4.78, 5) is 22.1. The van der Waals surface area contributed by atoms with Gasteiger partial charge in [0.15, 0.2) is 0 Å². The summed E-state index contributed by atoms with van der Waals surface area (Å²) in [6.07, 6.45) is 2.42. The van der Waals surface area contributed by atoms with Crippen molar-refractivity contribution in [2.45, 2.75) is 45.6 Å². The van der Waals surface area contributed by atoms with Crippen LogP contribution in [-0.2, 0) is 14.3 Å². The van der Waals surface area contributed by atoms with Gasteiger partial charge in [-0.05, 0) is 19.4 Å². The minimum atomic E-state index is -0.998. The van der Waals surface area contributed by atoms with Crippen molar-refractivity contribution in [2.24, 2.45) is 0 Å². The molecule has 5 heteroatoms. The molecule has 0 amide bonds. The number of carbonyl (C=O) groups is 2. The highest BCUT2D eigenvalue weighted by atomic mass is 16.5. The molecular formula is C11H21NO4. The smallest absolute Gasteiger partial charge is 0.323 e. The van der Waals surface area contributed by atoms with E-state index in [2.05, 4.69) is 5.32 Å². The van der Waals surface area contributed by atoms with Gasteiger partial charge in [0.2, 0.25) is 0 Å². The fourth-order valence-corrected chi connectivity index (χ4v) is 1.17. The van der Waals surface area contributed by atoms with Crippen LogP contribution in [0.25, 0.3) is 0 Å². The van der Waals surface area contributed by atoms with Crippen molar-refractivity contribution in [1.29, 1.82) is 0 Å². The van der Waals surface area contributed by atoms with Crippen LogP contribution in [0.3, 0.4) is 0 Å². The maximum Gasteiger partial charge on any atom is 0.323 e. The lowest BCUT2D eigenvalue weighted by Crippen LogP contribution is -2.40. The number of ether oxygens (including phenoxy) is 1. The molecule has 0 aromatic heterocycles. The van der Waals surface area contributed by atoms with E-state index in [4.69, 9.17) is 9.84 Å². The molecule has 0 aliphatic rings. The van der Waals surface area contributed by atoms with Gasteiger partial charge in [-0.3, -0.25) is 9.59 Å². The lowest BCUT2D eigenvalue weighted by molar-refractivity contribution is -0.150. The summed E-state index contributed by atoms with van der Waals surface area (Å²) in [5, 5.41) is 11.6. The Hall–Kier alpha value is -1.10.